The van der Waals surface area contributed by atoms with Gasteiger partial charge in [0.1, 0.15) is 4.99 Å². The first kappa shape index (κ1) is 13.3. The molecule has 1 rings (SSSR count). The molecule has 0 heterocycles. The van der Waals surface area contributed by atoms with E-state index in [1.807, 2.05) is 18.2 Å². The summed E-state index contributed by atoms with van der Waals surface area (Å²) in [5, 5.41) is 0.703. The molecule has 0 bridgehead atoms. The molecule has 0 aliphatic heterocycles. The molecule has 88 valence electrons. The van der Waals surface area contributed by atoms with E-state index in [-0.39, 0.29) is 0 Å². The fourth-order valence-corrected chi connectivity index (χ4v) is 2.10. The Morgan fingerprint density at radius 1 is 1.50 bits per heavy atom. The largest absolute Gasteiger partial charge is 0.389 e. The molecule has 2 nitrogen and oxygen atoms in total. The quantitative estimate of drug-likeness (QED) is 0.839. The van der Waals surface area contributed by atoms with Crippen LogP contribution >= 0.6 is 23.8 Å². The Hall–Kier alpha value is -0.800. The highest BCUT2D eigenvalue weighted by atomic mass is 35.5. The van der Waals surface area contributed by atoms with Crippen LogP contribution in [0.4, 0.5) is 5.69 Å². The van der Waals surface area contributed by atoms with E-state index >= 15 is 0 Å². The first-order chi connectivity index (χ1) is 7.47. The van der Waals surface area contributed by atoms with Crippen LogP contribution in [0.2, 0.25) is 5.02 Å². The molecule has 0 amide bonds. The van der Waals surface area contributed by atoms with E-state index in [0.717, 1.165) is 17.8 Å². The van der Waals surface area contributed by atoms with Gasteiger partial charge in [0.25, 0.3) is 0 Å². The average Bonchev–Trinajstić information content (AvgIpc) is 2.17. The van der Waals surface area contributed by atoms with Gasteiger partial charge in [-0.15, -0.1) is 0 Å². The summed E-state index contributed by atoms with van der Waals surface area (Å²) in [6.07, 6.45) is 0. The zero-order chi connectivity index (χ0) is 12.3. The number of nitrogens with two attached hydrogens (primary N) is 1. The minimum absolute atomic E-state index is 0.386. The number of benzene rings is 1. The number of halogens is 1. The normalized spacial score (nSPS) is 10.6. The fraction of sp³-hybridized carbons (Fsp3) is 0.417. The van der Waals surface area contributed by atoms with Crippen LogP contribution in [-0.4, -0.2) is 17.6 Å². The van der Waals surface area contributed by atoms with Crippen LogP contribution in [0, 0.1) is 0 Å². The molecule has 0 spiro atoms. The van der Waals surface area contributed by atoms with Gasteiger partial charge in [-0.3, -0.25) is 0 Å². The monoisotopic (exact) mass is 256 g/mol. The molecular formula is C12H17ClN2S. The Bertz CT molecular complexity index is 391. The van der Waals surface area contributed by atoms with Crippen molar-refractivity contribution in [3.05, 3.63) is 28.8 Å². The van der Waals surface area contributed by atoms with Crippen molar-refractivity contribution >= 4 is 34.5 Å². The summed E-state index contributed by atoms with van der Waals surface area (Å²) < 4.78 is 0. The highest BCUT2D eigenvalue weighted by Crippen LogP contribution is 2.26. The second-order valence-corrected chi connectivity index (χ2v) is 4.78. The number of hydrogen-bond donors (Lipinski definition) is 1. The van der Waals surface area contributed by atoms with E-state index in [1.165, 1.54) is 0 Å². The van der Waals surface area contributed by atoms with E-state index in [2.05, 4.69) is 25.7 Å². The van der Waals surface area contributed by atoms with Crippen molar-refractivity contribution in [1.82, 2.24) is 0 Å². The molecule has 2 N–H and O–H groups in total. The topological polar surface area (TPSA) is 29.3 Å². The van der Waals surface area contributed by atoms with Crippen molar-refractivity contribution in [2.45, 2.75) is 26.8 Å². The molecule has 0 saturated carbocycles. The molecule has 0 unspecified atom stereocenters. The lowest BCUT2D eigenvalue weighted by Crippen LogP contribution is -2.32. The van der Waals surface area contributed by atoms with E-state index in [4.69, 9.17) is 29.6 Å². The van der Waals surface area contributed by atoms with Crippen molar-refractivity contribution in [2.75, 3.05) is 11.4 Å². The Labute approximate surface area is 107 Å². The third kappa shape index (κ3) is 2.86. The molecule has 0 saturated heterocycles. The minimum atomic E-state index is 0.386. The third-order valence-electron chi connectivity index (χ3n) is 2.50. The minimum Gasteiger partial charge on any atom is -0.389 e. The SMILES string of the molecule is CCN(c1cc(Cl)ccc1C(N)=S)C(C)C. The van der Waals surface area contributed by atoms with Crippen LogP contribution in [0.15, 0.2) is 18.2 Å². The summed E-state index contributed by atoms with van der Waals surface area (Å²) >= 11 is 11.1. The maximum atomic E-state index is 6.02. The maximum Gasteiger partial charge on any atom is 0.106 e. The first-order valence-electron chi connectivity index (χ1n) is 5.33. The molecule has 1 aromatic carbocycles. The van der Waals surface area contributed by atoms with Gasteiger partial charge in [-0.1, -0.05) is 23.8 Å². The molecule has 0 aromatic heterocycles. The Morgan fingerprint density at radius 2 is 2.12 bits per heavy atom. The molecular weight excluding hydrogens is 240 g/mol. The molecule has 0 radical (unpaired) electrons. The van der Waals surface area contributed by atoms with E-state index in [0.29, 0.717) is 16.1 Å². The first-order valence-corrected chi connectivity index (χ1v) is 6.12. The van der Waals surface area contributed by atoms with Crippen LogP contribution < -0.4 is 10.6 Å². The third-order valence-corrected chi connectivity index (χ3v) is 2.95. The van der Waals surface area contributed by atoms with Gasteiger partial charge in [-0.25, -0.2) is 0 Å². The predicted octanol–water partition coefficient (Wildman–Crippen LogP) is 3.21. The zero-order valence-corrected chi connectivity index (χ0v) is 11.4. The summed E-state index contributed by atoms with van der Waals surface area (Å²) in [6.45, 7) is 7.26. The van der Waals surface area contributed by atoms with Crippen molar-refractivity contribution in [2.24, 2.45) is 5.73 Å². The highest BCUT2D eigenvalue weighted by molar-refractivity contribution is 7.80. The smallest absolute Gasteiger partial charge is 0.106 e. The molecule has 4 heteroatoms. The molecule has 0 aliphatic rings. The van der Waals surface area contributed by atoms with Gasteiger partial charge in [-0.05, 0) is 39.0 Å². The number of rotatable bonds is 4. The second-order valence-electron chi connectivity index (χ2n) is 3.91. The van der Waals surface area contributed by atoms with Crippen molar-refractivity contribution in [3.63, 3.8) is 0 Å². The Balaban J connectivity index is 3.27. The lowest BCUT2D eigenvalue weighted by atomic mass is 10.1. The van der Waals surface area contributed by atoms with Gasteiger partial charge in [-0.2, -0.15) is 0 Å². The zero-order valence-electron chi connectivity index (χ0n) is 9.83. The molecule has 1 aromatic rings. The van der Waals surface area contributed by atoms with Crippen LogP contribution in [-0.2, 0) is 0 Å². The molecule has 0 fully saturated rings. The average molecular weight is 257 g/mol. The fourth-order valence-electron chi connectivity index (χ4n) is 1.76. The van der Waals surface area contributed by atoms with Gasteiger partial charge < -0.3 is 10.6 Å². The number of hydrogen-bond acceptors (Lipinski definition) is 2. The van der Waals surface area contributed by atoms with Crippen LogP contribution in [0.25, 0.3) is 0 Å². The molecule has 0 atom stereocenters. The van der Waals surface area contributed by atoms with Crippen molar-refractivity contribution < 1.29 is 0 Å². The lowest BCUT2D eigenvalue weighted by molar-refractivity contribution is 0.703. The van der Waals surface area contributed by atoms with Gasteiger partial charge in [0, 0.05) is 28.9 Å². The molecule has 0 aliphatic carbocycles. The van der Waals surface area contributed by atoms with Gasteiger partial charge in [0.15, 0.2) is 0 Å². The number of nitrogens with zero attached hydrogens (tertiary/aromatic N) is 1. The summed E-state index contributed by atoms with van der Waals surface area (Å²) in [7, 11) is 0. The van der Waals surface area contributed by atoms with E-state index in [1.54, 1.807) is 0 Å². The number of thiocarbonyl (C=S) groups is 1. The standard InChI is InChI=1S/C12H17ClN2S/c1-4-15(8(2)3)11-7-9(13)5-6-10(11)12(14)16/h5-8H,4H2,1-3H3,(H2,14,16). The van der Waals surface area contributed by atoms with Crippen molar-refractivity contribution in [1.29, 1.82) is 0 Å². The van der Waals surface area contributed by atoms with Gasteiger partial charge in [0.05, 0.1) is 0 Å². The van der Waals surface area contributed by atoms with Crippen LogP contribution in [0.3, 0.4) is 0 Å². The van der Waals surface area contributed by atoms with Crippen molar-refractivity contribution in [3.8, 4) is 0 Å². The highest BCUT2D eigenvalue weighted by Gasteiger charge is 2.14. The Kier molecular flexibility index (Phi) is 4.56. The van der Waals surface area contributed by atoms with E-state index < -0.39 is 0 Å². The maximum absolute atomic E-state index is 6.02. The van der Waals surface area contributed by atoms with Gasteiger partial charge >= 0.3 is 0 Å². The lowest BCUT2D eigenvalue weighted by Gasteiger charge is -2.29. The predicted molar refractivity (Wildman–Crippen MR) is 75.5 cm³/mol. The summed E-state index contributed by atoms with van der Waals surface area (Å²) in [5.74, 6) is 0. The van der Waals surface area contributed by atoms with Crippen LogP contribution in [0.1, 0.15) is 26.3 Å². The summed E-state index contributed by atoms with van der Waals surface area (Å²) in [4.78, 5) is 2.63. The molecule has 16 heavy (non-hydrogen) atoms. The van der Waals surface area contributed by atoms with Crippen LogP contribution in [0.5, 0.6) is 0 Å². The summed E-state index contributed by atoms with van der Waals surface area (Å²) in [5.41, 5.74) is 7.61. The van der Waals surface area contributed by atoms with E-state index in [9.17, 15) is 0 Å². The van der Waals surface area contributed by atoms with Gasteiger partial charge in [0.2, 0.25) is 0 Å². The second kappa shape index (κ2) is 5.51. The summed E-state index contributed by atoms with van der Waals surface area (Å²) in [6, 6.07) is 6.00. The number of anilines is 1. The Morgan fingerprint density at radius 3 is 2.56 bits per heavy atom.